The standard InChI is InChI=1S/C18H20N2O5S/c21-9-2-1-3-10-26-13-6-4-5-11-15(13)18(25)20(17(11)24)12-7-8-14(22)19-16(12)23/h4-6,12,21H,1-3,7-10H2,(H,19,22,23). The lowest BCUT2D eigenvalue weighted by Gasteiger charge is -2.27. The number of aliphatic hydroxyl groups excluding tert-OH is 1. The SMILES string of the molecule is O=C1CCC(N2C(=O)c3cccc(SCCCCCO)c3C2=O)C(=O)N1. The summed E-state index contributed by atoms with van der Waals surface area (Å²) in [7, 11) is 0. The first-order chi connectivity index (χ1) is 12.5. The van der Waals surface area contributed by atoms with E-state index in [4.69, 9.17) is 5.11 Å². The maximum absolute atomic E-state index is 12.9. The second-order valence-corrected chi connectivity index (χ2v) is 7.40. The fourth-order valence-corrected chi connectivity index (χ4v) is 4.26. The fourth-order valence-electron chi connectivity index (χ4n) is 3.18. The molecule has 7 nitrogen and oxygen atoms in total. The molecular weight excluding hydrogens is 356 g/mol. The van der Waals surface area contributed by atoms with Crippen LogP contribution in [0.4, 0.5) is 0 Å². The van der Waals surface area contributed by atoms with Crippen LogP contribution in [0.25, 0.3) is 0 Å². The van der Waals surface area contributed by atoms with Gasteiger partial charge in [0, 0.05) is 17.9 Å². The first-order valence-corrected chi connectivity index (χ1v) is 9.61. The van der Waals surface area contributed by atoms with Gasteiger partial charge in [0.1, 0.15) is 6.04 Å². The molecule has 0 bridgehead atoms. The molecule has 1 fully saturated rings. The Balaban J connectivity index is 1.78. The molecule has 8 heteroatoms. The zero-order valence-corrected chi connectivity index (χ0v) is 15.0. The molecule has 2 aliphatic heterocycles. The summed E-state index contributed by atoms with van der Waals surface area (Å²) in [6.45, 7) is 0.166. The Morgan fingerprint density at radius 1 is 1.12 bits per heavy atom. The number of piperidine rings is 1. The fraction of sp³-hybridized carbons (Fsp3) is 0.444. The van der Waals surface area contributed by atoms with Gasteiger partial charge in [-0.15, -0.1) is 11.8 Å². The summed E-state index contributed by atoms with van der Waals surface area (Å²) >= 11 is 1.50. The van der Waals surface area contributed by atoms with Crippen LogP contribution in [0.2, 0.25) is 0 Å². The van der Waals surface area contributed by atoms with Crippen LogP contribution in [0.5, 0.6) is 0 Å². The molecule has 1 aromatic rings. The molecule has 1 aromatic carbocycles. The van der Waals surface area contributed by atoms with Crippen molar-refractivity contribution in [1.29, 1.82) is 0 Å². The minimum atomic E-state index is -0.942. The number of hydrogen-bond acceptors (Lipinski definition) is 6. The van der Waals surface area contributed by atoms with E-state index in [-0.39, 0.29) is 25.4 Å². The Kier molecular flexibility index (Phi) is 5.73. The van der Waals surface area contributed by atoms with Crippen LogP contribution in [0, 0.1) is 0 Å². The van der Waals surface area contributed by atoms with Gasteiger partial charge < -0.3 is 5.11 Å². The highest BCUT2D eigenvalue weighted by atomic mass is 32.2. The first kappa shape index (κ1) is 18.6. The Labute approximate surface area is 155 Å². The van der Waals surface area contributed by atoms with Gasteiger partial charge in [0.2, 0.25) is 11.8 Å². The second-order valence-electron chi connectivity index (χ2n) is 6.26. The molecule has 3 rings (SSSR count). The van der Waals surface area contributed by atoms with Crippen molar-refractivity contribution in [2.45, 2.75) is 43.0 Å². The van der Waals surface area contributed by atoms with Crippen molar-refractivity contribution >= 4 is 35.4 Å². The highest BCUT2D eigenvalue weighted by Gasteiger charge is 2.45. The van der Waals surface area contributed by atoms with Crippen LogP contribution >= 0.6 is 11.8 Å². The normalized spacial score (nSPS) is 19.7. The number of hydrogen-bond donors (Lipinski definition) is 2. The zero-order valence-electron chi connectivity index (χ0n) is 14.2. The van der Waals surface area contributed by atoms with Gasteiger partial charge in [-0.3, -0.25) is 29.4 Å². The average Bonchev–Trinajstić information content (AvgIpc) is 2.87. The molecule has 2 heterocycles. The lowest BCUT2D eigenvalue weighted by molar-refractivity contribution is -0.136. The third-order valence-electron chi connectivity index (χ3n) is 4.49. The number of rotatable bonds is 7. The smallest absolute Gasteiger partial charge is 0.263 e. The number of carbonyl (C=O) groups excluding carboxylic acids is 4. The number of fused-ring (bicyclic) bond motifs is 1. The van der Waals surface area contributed by atoms with Crippen LogP contribution in [0.3, 0.4) is 0 Å². The molecular formula is C18H20N2O5S. The molecule has 1 atom stereocenters. The van der Waals surface area contributed by atoms with Gasteiger partial charge in [-0.05, 0) is 37.1 Å². The molecule has 0 aliphatic carbocycles. The van der Waals surface area contributed by atoms with E-state index in [1.807, 2.05) is 0 Å². The monoisotopic (exact) mass is 376 g/mol. The van der Waals surface area contributed by atoms with Crippen molar-refractivity contribution in [3.63, 3.8) is 0 Å². The highest BCUT2D eigenvalue weighted by molar-refractivity contribution is 7.99. The van der Waals surface area contributed by atoms with Gasteiger partial charge in [-0.25, -0.2) is 0 Å². The minimum Gasteiger partial charge on any atom is -0.396 e. The van der Waals surface area contributed by atoms with Crippen molar-refractivity contribution in [2.24, 2.45) is 0 Å². The van der Waals surface area contributed by atoms with E-state index in [1.165, 1.54) is 11.8 Å². The van der Waals surface area contributed by atoms with Crippen molar-refractivity contribution < 1.29 is 24.3 Å². The van der Waals surface area contributed by atoms with Crippen LogP contribution in [-0.4, -0.2) is 52.0 Å². The highest BCUT2D eigenvalue weighted by Crippen LogP contribution is 2.34. The summed E-state index contributed by atoms with van der Waals surface area (Å²) in [6, 6.07) is 4.18. The Morgan fingerprint density at radius 3 is 2.65 bits per heavy atom. The zero-order chi connectivity index (χ0) is 18.7. The van der Waals surface area contributed by atoms with E-state index in [0.29, 0.717) is 11.1 Å². The van der Waals surface area contributed by atoms with E-state index < -0.39 is 23.8 Å². The number of carbonyl (C=O) groups is 4. The molecule has 2 N–H and O–H groups in total. The molecule has 0 radical (unpaired) electrons. The van der Waals surface area contributed by atoms with Gasteiger partial charge >= 0.3 is 0 Å². The molecule has 138 valence electrons. The third kappa shape index (κ3) is 3.52. The van der Waals surface area contributed by atoms with Gasteiger partial charge in [0.25, 0.3) is 11.8 Å². The van der Waals surface area contributed by atoms with Crippen LogP contribution in [0.15, 0.2) is 23.1 Å². The van der Waals surface area contributed by atoms with E-state index in [2.05, 4.69) is 5.32 Å². The summed E-state index contributed by atoms with van der Waals surface area (Å²) < 4.78 is 0. The summed E-state index contributed by atoms with van der Waals surface area (Å²) in [5, 5.41) is 11.0. The predicted octanol–water partition coefficient (Wildman–Crippen LogP) is 1.34. The van der Waals surface area contributed by atoms with E-state index >= 15 is 0 Å². The maximum atomic E-state index is 12.9. The van der Waals surface area contributed by atoms with E-state index in [1.54, 1.807) is 18.2 Å². The largest absolute Gasteiger partial charge is 0.396 e. The number of aliphatic hydroxyl groups is 1. The lowest BCUT2D eigenvalue weighted by atomic mass is 10.0. The first-order valence-electron chi connectivity index (χ1n) is 8.63. The molecule has 1 unspecified atom stereocenters. The lowest BCUT2D eigenvalue weighted by Crippen LogP contribution is -2.54. The molecule has 2 aliphatic rings. The van der Waals surface area contributed by atoms with E-state index in [9.17, 15) is 19.2 Å². The van der Waals surface area contributed by atoms with Crippen molar-refractivity contribution in [1.82, 2.24) is 10.2 Å². The van der Waals surface area contributed by atoms with Gasteiger partial charge in [0.15, 0.2) is 0 Å². The Hall–Kier alpha value is -2.19. The van der Waals surface area contributed by atoms with E-state index in [0.717, 1.165) is 34.8 Å². The quantitative estimate of drug-likeness (QED) is 0.423. The summed E-state index contributed by atoms with van der Waals surface area (Å²) in [6.07, 6.45) is 2.80. The number of benzene rings is 1. The third-order valence-corrected chi connectivity index (χ3v) is 5.63. The number of nitrogens with zero attached hydrogens (tertiary/aromatic N) is 1. The van der Waals surface area contributed by atoms with Crippen molar-refractivity contribution in [2.75, 3.05) is 12.4 Å². The van der Waals surface area contributed by atoms with Crippen molar-refractivity contribution in [3.05, 3.63) is 29.3 Å². The molecule has 1 saturated heterocycles. The topological polar surface area (TPSA) is 104 Å². The summed E-state index contributed by atoms with van der Waals surface area (Å²) in [5.41, 5.74) is 0.648. The van der Waals surface area contributed by atoms with Gasteiger partial charge in [-0.2, -0.15) is 0 Å². The van der Waals surface area contributed by atoms with Crippen molar-refractivity contribution in [3.8, 4) is 0 Å². The van der Waals surface area contributed by atoms with Gasteiger partial charge in [0.05, 0.1) is 11.1 Å². The van der Waals surface area contributed by atoms with Crippen LogP contribution < -0.4 is 5.32 Å². The molecule has 0 spiro atoms. The Morgan fingerprint density at radius 2 is 1.92 bits per heavy atom. The summed E-state index contributed by atoms with van der Waals surface area (Å²) in [5.74, 6) is -1.17. The summed E-state index contributed by atoms with van der Waals surface area (Å²) in [4.78, 5) is 50.7. The predicted molar refractivity (Wildman–Crippen MR) is 94.8 cm³/mol. The molecule has 0 saturated carbocycles. The molecule has 0 aromatic heterocycles. The number of amides is 4. The molecule has 4 amide bonds. The Bertz CT molecular complexity index is 764. The minimum absolute atomic E-state index is 0.107. The van der Waals surface area contributed by atoms with Gasteiger partial charge in [-0.1, -0.05) is 12.5 Å². The average molecular weight is 376 g/mol. The number of imide groups is 2. The number of thioether (sulfide) groups is 1. The second kappa shape index (κ2) is 8.01. The molecule has 26 heavy (non-hydrogen) atoms. The number of unbranched alkanes of at least 4 members (excludes halogenated alkanes) is 2. The number of nitrogens with one attached hydrogen (secondary N) is 1. The maximum Gasteiger partial charge on any atom is 0.263 e. The van der Waals surface area contributed by atoms with Crippen LogP contribution in [-0.2, 0) is 9.59 Å². The van der Waals surface area contributed by atoms with Crippen LogP contribution in [0.1, 0.15) is 52.8 Å².